The van der Waals surface area contributed by atoms with E-state index in [0.717, 1.165) is 0 Å². The molecule has 0 fully saturated rings. The molecule has 3 N–H and O–H groups in total. The van der Waals surface area contributed by atoms with Crippen LogP contribution in [0.2, 0.25) is 0 Å². The lowest BCUT2D eigenvalue weighted by Gasteiger charge is -2.20. The zero-order valence-corrected chi connectivity index (χ0v) is 14.4. The van der Waals surface area contributed by atoms with Crippen LogP contribution in [0.25, 0.3) is 0 Å². The van der Waals surface area contributed by atoms with Gasteiger partial charge in [-0.1, -0.05) is 38.1 Å². The minimum Gasteiger partial charge on any atom is -0.507 e. The number of nitrogens with one attached hydrogen (secondary N) is 2. The second-order valence-electron chi connectivity index (χ2n) is 5.97. The van der Waals surface area contributed by atoms with E-state index in [1.807, 2.05) is 0 Å². The van der Waals surface area contributed by atoms with Crippen molar-refractivity contribution < 1.29 is 19.1 Å². The molecule has 2 aromatic carbocycles. The predicted molar refractivity (Wildman–Crippen MR) is 96.3 cm³/mol. The van der Waals surface area contributed by atoms with Gasteiger partial charge in [0.15, 0.2) is 0 Å². The molecule has 7 heteroatoms. The van der Waals surface area contributed by atoms with Gasteiger partial charge in [-0.3, -0.25) is 9.59 Å². The van der Waals surface area contributed by atoms with Gasteiger partial charge in [0, 0.05) is 5.56 Å². The number of benzene rings is 2. The number of halogens is 1. The van der Waals surface area contributed by atoms with E-state index in [2.05, 4.69) is 15.8 Å². The molecule has 0 heterocycles. The van der Waals surface area contributed by atoms with Crippen LogP contribution < -0.4 is 10.7 Å². The van der Waals surface area contributed by atoms with Gasteiger partial charge in [-0.25, -0.2) is 9.82 Å². The SMILES string of the molecule is CC(C)C(NC(=O)c1ccccc1F)C(=O)NN=Cc1ccccc1O. The first-order valence-corrected chi connectivity index (χ1v) is 8.06. The maximum Gasteiger partial charge on any atom is 0.262 e. The van der Waals surface area contributed by atoms with Crippen LogP contribution in [-0.2, 0) is 4.79 Å². The van der Waals surface area contributed by atoms with Gasteiger partial charge in [0.05, 0.1) is 11.8 Å². The van der Waals surface area contributed by atoms with Gasteiger partial charge in [-0.05, 0) is 30.2 Å². The lowest BCUT2D eigenvalue weighted by molar-refractivity contribution is -0.123. The first-order valence-electron chi connectivity index (χ1n) is 8.06. The number of phenols is 1. The molecule has 0 aliphatic rings. The lowest BCUT2D eigenvalue weighted by atomic mass is 10.0. The first kappa shape index (κ1) is 19.1. The van der Waals surface area contributed by atoms with Crippen LogP contribution >= 0.6 is 0 Å². The Morgan fingerprint density at radius 3 is 2.42 bits per heavy atom. The number of carbonyl (C=O) groups is 2. The molecule has 0 saturated carbocycles. The Morgan fingerprint density at radius 1 is 1.12 bits per heavy atom. The van der Waals surface area contributed by atoms with Gasteiger partial charge in [-0.2, -0.15) is 5.10 Å². The van der Waals surface area contributed by atoms with Crippen molar-refractivity contribution in [1.29, 1.82) is 0 Å². The Kier molecular flexibility index (Phi) is 6.43. The van der Waals surface area contributed by atoms with Crippen molar-refractivity contribution in [2.45, 2.75) is 19.9 Å². The number of hydrazone groups is 1. The number of nitrogens with zero attached hydrogens (tertiary/aromatic N) is 1. The highest BCUT2D eigenvalue weighted by molar-refractivity contribution is 5.98. The molecule has 0 spiro atoms. The van der Waals surface area contributed by atoms with Crippen molar-refractivity contribution in [2.24, 2.45) is 11.0 Å². The van der Waals surface area contributed by atoms with Crippen molar-refractivity contribution in [3.8, 4) is 5.75 Å². The van der Waals surface area contributed by atoms with Gasteiger partial charge in [0.25, 0.3) is 11.8 Å². The first-order chi connectivity index (χ1) is 12.4. The molecule has 0 aliphatic heterocycles. The number of rotatable bonds is 6. The molecule has 1 unspecified atom stereocenters. The van der Waals surface area contributed by atoms with Crippen LogP contribution in [0.5, 0.6) is 5.75 Å². The van der Waals surface area contributed by atoms with Gasteiger partial charge in [0.1, 0.15) is 17.6 Å². The molecule has 0 saturated heterocycles. The van der Waals surface area contributed by atoms with E-state index in [4.69, 9.17) is 0 Å². The predicted octanol–water partition coefficient (Wildman–Crippen LogP) is 2.44. The van der Waals surface area contributed by atoms with Crippen molar-refractivity contribution in [2.75, 3.05) is 0 Å². The molecule has 1 atom stereocenters. The largest absolute Gasteiger partial charge is 0.507 e. The number of para-hydroxylation sites is 1. The van der Waals surface area contributed by atoms with Crippen molar-refractivity contribution in [3.05, 3.63) is 65.5 Å². The number of aromatic hydroxyl groups is 1. The van der Waals surface area contributed by atoms with E-state index < -0.39 is 23.7 Å². The quantitative estimate of drug-likeness (QED) is 0.548. The van der Waals surface area contributed by atoms with Crippen LogP contribution in [0, 0.1) is 11.7 Å². The van der Waals surface area contributed by atoms with Crippen LogP contribution in [0.3, 0.4) is 0 Å². The standard InChI is InChI=1S/C19H20FN3O3/c1-12(2)17(22-18(25)14-8-4-5-9-15(14)20)19(26)23-21-11-13-7-3-6-10-16(13)24/h3-12,17,24H,1-2H3,(H,22,25)(H,23,26). The molecule has 0 aliphatic carbocycles. The summed E-state index contributed by atoms with van der Waals surface area (Å²) in [4.78, 5) is 24.5. The van der Waals surface area contributed by atoms with E-state index in [0.29, 0.717) is 5.56 Å². The number of hydrogen-bond acceptors (Lipinski definition) is 4. The van der Waals surface area contributed by atoms with Crippen molar-refractivity contribution in [3.63, 3.8) is 0 Å². The molecule has 136 valence electrons. The zero-order valence-electron chi connectivity index (χ0n) is 14.4. The normalized spacial score (nSPS) is 12.2. The minimum atomic E-state index is -0.899. The average molecular weight is 357 g/mol. The molecule has 26 heavy (non-hydrogen) atoms. The molecule has 6 nitrogen and oxygen atoms in total. The lowest BCUT2D eigenvalue weighted by Crippen LogP contribution is -2.48. The summed E-state index contributed by atoms with van der Waals surface area (Å²) in [5.74, 6) is -2.10. The third kappa shape index (κ3) is 4.89. The molecule has 0 radical (unpaired) electrons. The van der Waals surface area contributed by atoms with Crippen LogP contribution in [-0.4, -0.2) is 29.2 Å². The highest BCUT2D eigenvalue weighted by Gasteiger charge is 2.25. The summed E-state index contributed by atoms with van der Waals surface area (Å²) < 4.78 is 13.7. The summed E-state index contributed by atoms with van der Waals surface area (Å²) in [6.07, 6.45) is 1.29. The zero-order chi connectivity index (χ0) is 19.1. The highest BCUT2D eigenvalue weighted by atomic mass is 19.1. The van der Waals surface area contributed by atoms with Crippen molar-refractivity contribution in [1.82, 2.24) is 10.7 Å². The summed E-state index contributed by atoms with van der Waals surface area (Å²) in [5.41, 5.74) is 2.62. The summed E-state index contributed by atoms with van der Waals surface area (Å²) in [7, 11) is 0. The topological polar surface area (TPSA) is 90.8 Å². The smallest absolute Gasteiger partial charge is 0.262 e. The van der Waals surface area contributed by atoms with Crippen molar-refractivity contribution >= 4 is 18.0 Å². The fourth-order valence-electron chi connectivity index (χ4n) is 2.23. The van der Waals surface area contributed by atoms with E-state index in [-0.39, 0.29) is 17.2 Å². The van der Waals surface area contributed by atoms with Gasteiger partial charge in [-0.15, -0.1) is 0 Å². The number of amides is 2. The van der Waals surface area contributed by atoms with E-state index in [9.17, 15) is 19.1 Å². The maximum absolute atomic E-state index is 13.7. The third-order valence-electron chi connectivity index (χ3n) is 3.67. The monoisotopic (exact) mass is 357 g/mol. The Balaban J connectivity index is 2.05. The molecule has 2 amide bonds. The second-order valence-corrected chi connectivity index (χ2v) is 5.97. The van der Waals surface area contributed by atoms with E-state index >= 15 is 0 Å². The number of carbonyl (C=O) groups excluding carboxylic acids is 2. The Morgan fingerprint density at radius 2 is 1.77 bits per heavy atom. The molecular weight excluding hydrogens is 337 g/mol. The molecule has 0 aromatic heterocycles. The van der Waals surface area contributed by atoms with E-state index in [1.54, 1.807) is 38.1 Å². The van der Waals surface area contributed by atoms with E-state index in [1.165, 1.54) is 30.5 Å². The van der Waals surface area contributed by atoms with Crippen LogP contribution in [0.4, 0.5) is 4.39 Å². The fraction of sp³-hybridized carbons (Fsp3) is 0.211. The van der Waals surface area contributed by atoms with Gasteiger partial charge < -0.3 is 10.4 Å². The molecule has 2 rings (SSSR count). The Hall–Kier alpha value is -3.22. The third-order valence-corrected chi connectivity index (χ3v) is 3.67. The molecular formula is C19H20FN3O3. The minimum absolute atomic E-state index is 0.0266. The second kappa shape index (κ2) is 8.75. The Labute approximate surface area is 150 Å². The Bertz CT molecular complexity index is 821. The van der Waals surface area contributed by atoms with Gasteiger partial charge in [0.2, 0.25) is 0 Å². The molecule has 2 aromatic rings. The van der Waals surface area contributed by atoms with Crippen LogP contribution in [0.1, 0.15) is 29.8 Å². The summed E-state index contributed by atoms with van der Waals surface area (Å²) in [6, 6.07) is 11.1. The highest BCUT2D eigenvalue weighted by Crippen LogP contribution is 2.12. The summed E-state index contributed by atoms with van der Waals surface area (Å²) >= 11 is 0. The fourth-order valence-corrected chi connectivity index (χ4v) is 2.23. The molecule has 0 bridgehead atoms. The summed E-state index contributed by atoms with van der Waals surface area (Å²) in [6.45, 7) is 3.50. The van der Waals surface area contributed by atoms with Crippen LogP contribution in [0.15, 0.2) is 53.6 Å². The average Bonchev–Trinajstić information content (AvgIpc) is 2.61. The van der Waals surface area contributed by atoms with Gasteiger partial charge >= 0.3 is 0 Å². The number of phenolic OH excluding ortho intramolecular Hbond substituents is 1. The summed E-state index contributed by atoms with van der Waals surface area (Å²) in [5, 5.41) is 16.0. The maximum atomic E-state index is 13.7. The number of hydrogen-bond donors (Lipinski definition) is 3.